The molecule has 3 heterocycles. The van der Waals surface area contributed by atoms with Gasteiger partial charge in [0.05, 0.1) is 38.6 Å². The van der Waals surface area contributed by atoms with Crippen LogP contribution in [0.2, 0.25) is 0 Å². The van der Waals surface area contributed by atoms with Crippen LogP contribution in [-0.2, 0) is 33.2 Å². The van der Waals surface area contributed by atoms with E-state index in [-0.39, 0.29) is 18.9 Å². The van der Waals surface area contributed by atoms with Crippen LogP contribution in [0.5, 0.6) is 0 Å². The second kappa shape index (κ2) is 45.1. The van der Waals surface area contributed by atoms with Crippen molar-refractivity contribution in [2.45, 2.75) is 266 Å². The Hall–Kier alpha value is -3.29. The minimum absolute atomic E-state index is 0.241. The normalized spacial score (nSPS) is 30.3. The van der Waals surface area contributed by atoms with E-state index in [1.165, 1.54) is 0 Å². The van der Waals surface area contributed by atoms with E-state index in [4.69, 9.17) is 28.4 Å². The van der Waals surface area contributed by atoms with Gasteiger partial charge in [-0.05, 0) is 77.0 Å². The van der Waals surface area contributed by atoms with Gasteiger partial charge in [0.15, 0.2) is 18.9 Å². The van der Waals surface area contributed by atoms with Gasteiger partial charge in [0, 0.05) is 6.42 Å². The quantitative estimate of drug-likeness (QED) is 0.0255. The van der Waals surface area contributed by atoms with E-state index in [0.29, 0.717) is 19.3 Å². The van der Waals surface area contributed by atoms with Crippen molar-refractivity contribution in [1.82, 2.24) is 5.32 Å². The maximum absolute atomic E-state index is 13.3. The number of aliphatic hydroxyl groups is 11. The lowest BCUT2D eigenvalue weighted by Gasteiger charge is -2.48. The molecule has 82 heavy (non-hydrogen) atoms. The molecular formula is C63H105NO18. The summed E-state index contributed by atoms with van der Waals surface area (Å²) < 4.78 is 34.1. The number of amides is 1. The number of rotatable bonds is 43. The minimum atomic E-state index is -1.98. The molecule has 0 bridgehead atoms. The summed E-state index contributed by atoms with van der Waals surface area (Å²) in [5, 5.41) is 120. The first-order chi connectivity index (χ1) is 39.8. The number of carbonyl (C=O) groups is 1. The van der Waals surface area contributed by atoms with Crippen LogP contribution >= 0.6 is 0 Å². The highest BCUT2D eigenvalue weighted by Gasteiger charge is 2.53. The van der Waals surface area contributed by atoms with Crippen LogP contribution in [0.4, 0.5) is 0 Å². The monoisotopic (exact) mass is 1160 g/mol. The predicted molar refractivity (Wildman–Crippen MR) is 314 cm³/mol. The fourth-order valence-electron chi connectivity index (χ4n) is 9.68. The van der Waals surface area contributed by atoms with Crippen LogP contribution in [0.3, 0.4) is 0 Å². The zero-order chi connectivity index (χ0) is 59.7. The maximum atomic E-state index is 13.3. The third-order valence-corrected chi connectivity index (χ3v) is 14.7. The predicted octanol–water partition coefficient (Wildman–Crippen LogP) is 5.76. The van der Waals surface area contributed by atoms with Crippen molar-refractivity contribution >= 4 is 5.91 Å². The molecule has 17 unspecified atom stereocenters. The van der Waals surface area contributed by atoms with Gasteiger partial charge >= 0.3 is 0 Å². The molecule has 0 aromatic carbocycles. The van der Waals surface area contributed by atoms with Gasteiger partial charge in [-0.3, -0.25) is 4.79 Å². The number of allylic oxidation sites excluding steroid dienone is 16. The van der Waals surface area contributed by atoms with Crippen molar-refractivity contribution in [1.29, 1.82) is 0 Å². The van der Waals surface area contributed by atoms with Crippen LogP contribution in [0.25, 0.3) is 0 Å². The van der Waals surface area contributed by atoms with Gasteiger partial charge in [-0.2, -0.15) is 0 Å². The average molecular weight is 1160 g/mol. The fraction of sp³-hybridized carbons (Fsp3) is 0.730. The van der Waals surface area contributed by atoms with E-state index in [1.54, 1.807) is 0 Å². The molecule has 0 aromatic rings. The molecule has 3 saturated heterocycles. The Balaban J connectivity index is 1.36. The number of hydrogen-bond acceptors (Lipinski definition) is 18. The van der Waals surface area contributed by atoms with Crippen molar-refractivity contribution in [3.63, 3.8) is 0 Å². The van der Waals surface area contributed by atoms with Gasteiger partial charge in [0.1, 0.15) is 73.2 Å². The van der Waals surface area contributed by atoms with E-state index >= 15 is 0 Å². The highest BCUT2D eigenvalue weighted by atomic mass is 16.8. The summed E-state index contributed by atoms with van der Waals surface area (Å²) >= 11 is 0. The SMILES string of the molecule is CC/C=C\C/C=C\C/C=C\C/C=C\C/C=C\C/C=C\C/C=C\C/C=C\CCCCCCCCC(=O)NC(COC1OC(CO)C(OC2OC(CO)C(OC3OC(CO)C(O)C(O)C3O)C(O)C2O)C(O)C1O)C(O)CCCCCCCC. The van der Waals surface area contributed by atoms with Crippen molar-refractivity contribution in [3.05, 3.63) is 97.2 Å². The van der Waals surface area contributed by atoms with Crippen molar-refractivity contribution in [2.24, 2.45) is 0 Å². The van der Waals surface area contributed by atoms with Gasteiger partial charge in [-0.15, -0.1) is 0 Å². The second-order valence-corrected chi connectivity index (χ2v) is 21.4. The standard InChI is InChI=1S/C63H105NO18/c1-3-5-7-9-11-12-13-14-15-16-17-18-19-20-21-22-23-24-25-26-27-28-29-30-31-32-33-34-35-37-39-41-51(69)64-46(47(68)40-38-36-10-8-6-4-2)45-77-61-57(75)54(72)59(49(43-66)79-61)82-63-58(76)55(73)60(50(44-67)80-63)81-62-56(74)53(71)52(70)48(42-65)78-62/h5,7,11-12,14-15,17-18,20-21,23-24,26-27,29-30,46-50,52-63,65-68,70-76H,3-4,6,8-10,13,16,19,22,25,28,31-45H2,1-2H3,(H,64,69)/b7-5-,12-11-,15-14-,18-17-,21-20-,24-23-,27-26-,30-29-. The summed E-state index contributed by atoms with van der Waals surface area (Å²) in [6.07, 6.45) is 29.8. The minimum Gasteiger partial charge on any atom is -0.394 e. The molecule has 1 amide bonds. The van der Waals surface area contributed by atoms with Crippen molar-refractivity contribution in [2.75, 3.05) is 26.4 Å². The Bertz CT molecular complexity index is 1870. The van der Waals surface area contributed by atoms with E-state index < -0.39 is 124 Å². The smallest absolute Gasteiger partial charge is 0.220 e. The van der Waals surface area contributed by atoms with E-state index in [1.807, 2.05) is 0 Å². The first-order valence-electron chi connectivity index (χ1n) is 30.5. The lowest BCUT2D eigenvalue weighted by atomic mass is 9.96. The van der Waals surface area contributed by atoms with Gasteiger partial charge in [0.25, 0.3) is 0 Å². The molecule has 0 radical (unpaired) electrons. The molecule has 3 rings (SSSR count). The molecule has 0 saturated carbocycles. The number of ether oxygens (including phenoxy) is 6. The molecule has 17 atom stereocenters. The Labute approximate surface area is 488 Å². The summed E-state index contributed by atoms with van der Waals surface area (Å²) in [4.78, 5) is 13.3. The largest absolute Gasteiger partial charge is 0.394 e. The highest BCUT2D eigenvalue weighted by Crippen LogP contribution is 2.33. The molecule has 0 aliphatic carbocycles. The lowest BCUT2D eigenvalue weighted by molar-refractivity contribution is -0.379. The molecule has 19 heteroatoms. The summed E-state index contributed by atoms with van der Waals surface area (Å²) in [5.41, 5.74) is 0. The van der Waals surface area contributed by atoms with Gasteiger partial charge in [0.2, 0.25) is 5.91 Å². The van der Waals surface area contributed by atoms with Crippen LogP contribution in [0, 0.1) is 0 Å². The van der Waals surface area contributed by atoms with Crippen molar-refractivity contribution in [3.8, 4) is 0 Å². The Kier molecular flexibility index (Phi) is 40.1. The summed E-state index contributed by atoms with van der Waals surface area (Å²) in [6.45, 7) is 1.54. The molecule has 3 aliphatic rings. The highest BCUT2D eigenvalue weighted by molar-refractivity contribution is 5.76. The van der Waals surface area contributed by atoms with Gasteiger partial charge < -0.3 is 89.9 Å². The molecule has 12 N–H and O–H groups in total. The summed E-state index contributed by atoms with van der Waals surface area (Å²) in [5.74, 6) is -0.269. The van der Waals surface area contributed by atoms with Crippen LogP contribution in [0.15, 0.2) is 97.2 Å². The topological polar surface area (TPSA) is 307 Å². The maximum Gasteiger partial charge on any atom is 0.220 e. The lowest BCUT2D eigenvalue weighted by Crippen LogP contribution is -2.66. The Morgan fingerprint density at radius 3 is 1.32 bits per heavy atom. The number of nitrogens with one attached hydrogen (secondary N) is 1. The van der Waals surface area contributed by atoms with E-state index in [9.17, 15) is 61.0 Å². The zero-order valence-corrected chi connectivity index (χ0v) is 48.9. The van der Waals surface area contributed by atoms with Crippen LogP contribution in [0.1, 0.15) is 162 Å². The summed E-state index contributed by atoms with van der Waals surface area (Å²) in [6, 6.07) is -0.899. The molecule has 3 aliphatic heterocycles. The molecule has 0 spiro atoms. The number of carbonyl (C=O) groups excluding carboxylic acids is 1. The molecule has 19 nitrogen and oxygen atoms in total. The van der Waals surface area contributed by atoms with Crippen LogP contribution < -0.4 is 5.32 Å². The van der Waals surface area contributed by atoms with Gasteiger partial charge in [-0.1, -0.05) is 175 Å². The van der Waals surface area contributed by atoms with E-state index in [0.717, 1.165) is 122 Å². The third-order valence-electron chi connectivity index (χ3n) is 14.7. The third kappa shape index (κ3) is 28.3. The van der Waals surface area contributed by atoms with Gasteiger partial charge in [-0.25, -0.2) is 0 Å². The molecule has 0 aromatic heterocycles. The molecule has 470 valence electrons. The fourth-order valence-corrected chi connectivity index (χ4v) is 9.68. The van der Waals surface area contributed by atoms with E-state index in [2.05, 4.69) is 116 Å². The van der Waals surface area contributed by atoms with Crippen LogP contribution in [-0.4, -0.2) is 193 Å². The molecular weight excluding hydrogens is 1060 g/mol. The Morgan fingerprint density at radius 1 is 0.451 bits per heavy atom. The first kappa shape index (κ1) is 73.0. The number of aliphatic hydroxyl groups excluding tert-OH is 11. The zero-order valence-electron chi connectivity index (χ0n) is 48.9. The first-order valence-corrected chi connectivity index (χ1v) is 30.5. The average Bonchev–Trinajstić information content (AvgIpc) is 3.60. The molecule has 3 fully saturated rings. The summed E-state index contributed by atoms with van der Waals surface area (Å²) in [7, 11) is 0. The second-order valence-electron chi connectivity index (χ2n) is 21.4. The Morgan fingerprint density at radius 2 is 0.841 bits per heavy atom. The van der Waals surface area contributed by atoms with Crippen molar-refractivity contribution < 1.29 is 89.4 Å². The number of unbranched alkanes of at least 4 members (excludes halogenated alkanes) is 11. The number of hydrogen-bond donors (Lipinski definition) is 12.